The minimum Gasteiger partial charge on any atom is -0.387 e. The molecule has 2 aliphatic carbocycles. The van der Waals surface area contributed by atoms with E-state index in [0.29, 0.717) is 5.69 Å². The van der Waals surface area contributed by atoms with Crippen LogP contribution in [0.1, 0.15) is 66.5 Å². The first-order valence-corrected chi connectivity index (χ1v) is 9.03. The number of carbonyl (C=O) groups excluding carboxylic acids is 1. The average molecular weight is 339 g/mol. The lowest BCUT2D eigenvalue weighted by molar-refractivity contribution is -0.133. The molecule has 0 unspecified atom stereocenters. The first kappa shape index (κ1) is 16.4. The lowest BCUT2D eigenvalue weighted by Crippen LogP contribution is -2.37. The van der Waals surface area contributed by atoms with Gasteiger partial charge in [-0.25, -0.2) is 4.39 Å². The highest BCUT2D eigenvalue weighted by Gasteiger charge is 2.46. The molecule has 4 rings (SSSR count). The number of aryl methyl sites for hydroxylation is 1. The Morgan fingerprint density at radius 1 is 1.24 bits per heavy atom. The predicted octanol–water partition coefficient (Wildman–Crippen LogP) is 4.15. The van der Waals surface area contributed by atoms with E-state index in [4.69, 9.17) is 0 Å². The van der Waals surface area contributed by atoms with Gasteiger partial charge in [0.1, 0.15) is 0 Å². The molecule has 0 spiro atoms. The topological polar surface area (TPSA) is 50.2 Å². The Kier molecular flexibility index (Phi) is 4.16. The Labute approximate surface area is 146 Å². The number of rotatable bonds is 3. The van der Waals surface area contributed by atoms with Crippen LogP contribution in [0, 0.1) is 0 Å². The molecule has 0 amide bonds. The summed E-state index contributed by atoms with van der Waals surface area (Å²) in [7, 11) is 0. The number of halogens is 1. The van der Waals surface area contributed by atoms with Gasteiger partial charge in [0, 0.05) is 18.2 Å². The summed E-state index contributed by atoms with van der Waals surface area (Å²) >= 11 is 0. The second-order valence-corrected chi connectivity index (χ2v) is 7.21. The van der Waals surface area contributed by atoms with Crippen molar-refractivity contribution in [3.8, 4) is 0 Å². The molecule has 3 nitrogen and oxygen atoms in total. The fourth-order valence-corrected chi connectivity index (χ4v) is 4.37. The smallest absolute Gasteiger partial charge is 0.195 e. The molecule has 130 valence electrons. The molecule has 0 fully saturated rings. The molecular formula is C21H22FNO2. The molecule has 2 aromatic rings. The predicted molar refractivity (Wildman–Crippen MR) is 93.0 cm³/mol. The Bertz CT molecular complexity index is 806. The van der Waals surface area contributed by atoms with Crippen molar-refractivity contribution in [1.29, 1.82) is 0 Å². The van der Waals surface area contributed by atoms with Crippen LogP contribution in [0.5, 0.6) is 0 Å². The molecule has 0 saturated carbocycles. The number of aliphatic hydroxyl groups excluding tert-OH is 1. The summed E-state index contributed by atoms with van der Waals surface area (Å²) in [5.74, 6) is -0.299. The third-order valence-electron chi connectivity index (χ3n) is 5.71. The van der Waals surface area contributed by atoms with Crippen molar-refractivity contribution in [1.82, 2.24) is 4.98 Å². The summed E-state index contributed by atoms with van der Waals surface area (Å²) in [5.41, 5.74) is 1.000. The summed E-state index contributed by atoms with van der Waals surface area (Å²) in [4.78, 5) is 17.1. The lowest BCUT2D eigenvalue weighted by atomic mass is 9.73. The van der Waals surface area contributed by atoms with Crippen molar-refractivity contribution in [2.45, 2.75) is 56.2 Å². The molecular weight excluding hydrogens is 317 g/mol. The number of aliphatic hydroxyl groups is 1. The Balaban J connectivity index is 1.63. The number of ketones is 1. The molecule has 1 aromatic heterocycles. The Hall–Kier alpha value is -2.07. The first-order chi connectivity index (χ1) is 12.1. The number of Topliss-reactive ketones (excluding diaryl/α,β-unsaturated/α-hetero) is 1. The number of pyridine rings is 1. The normalized spacial score (nSPS) is 28.1. The van der Waals surface area contributed by atoms with E-state index >= 15 is 4.39 Å². The summed E-state index contributed by atoms with van der Waals surface area (Å²) in [6.07, 6.45) is 4.19. The van der Waals surface area contributed by atoms with Gasteiger partial charge in [-0.1, -0.05) is 30.3 Å². The number of hydrogen-bond donors (Lipinski definition) is 1. The van der Waals surface area contributed by atoms with Gasteiger partial charge in [-0.3, -0.25) is 9.78 Å². The van der Waals surface area contributed by atoms with Gasteiger partial charge in [0.15, 0.2) is 11.5 Å². The standard InChI is InChI=1S/C21H22FNO2/c22-21(11-10-18(24)20-17(21)9-4-12-23-20)19(25)13-15-7-3-6-14-5-1-2-8-16(14)15/h1-2,4-5,8-9,12,15,18,24H,3,6-7,10-11,13H2/t15-,18+,21+/m1/s1. The molecule has 1 heterocycles. The number of hydrogen-bond acceptors (Lipinski definition) is 3. The van der Waals surface area contributed by atoms with E-state index in [1.54, 1.807) is 12.1 Å². The van der Waals surface area contributed by atoms with E-state index in [2.05, 4.69) is 17.1 Å². The van der Waals surface area contributed by atoms with Crippen LogP contribution >= 0.6 is 0 Å². The molecule has 1 aromatic carbocycles. The van der Waals surface area contributed by atoms with Crippen molar-refractivity contribution in [3.05, 3.63) is 65.0 Å². The second kappa shape index (κ2) is 6.34. The van der Waals surface area contributed by atoms with Crippen LogP contribution in [0.15, 0.2) is 42.6 Å². The van der Waals surface area contributed by atoms with E-state index in [1.807, 2.05) is 12.1 Å². The number of nitrogens with zero attached hydrogens (tertiary/aromatic N) is 1. The summed E-state index contributed by atoms with van der Waals surface area (Å²) in [6, 6.07) is 11.4. The number of aromatic nitrogens is 1. The second-order valence-electron chi connectivity index (χ2n) is 7.21. The highest BCUT2D eigenvalue weighted by molar-refractivity contribution is 5.89. The minimum absolute atomic E-state index is 0.0278. The minimum atomic E-state index is -2.03. The maximum atomic E-state index is 15.8. The van der Waals surface area contributed by atoms with E-state index in [1.165, 1.54) is 17.3 Å². The molecule has 0 saturated heterocycles. The number of alkyl halides is 1. The fraction of sp³-hybridized carbons (Fsp3) is 0.429. The van der Waals surface area contributed by atoms with Crippen LogP contribution in [0.4, 0.5) is 4.39 Å². The molecule has 1 N–H and O–H groups in total. The van der Waals surface area contributed by atoms with Crippen molar-refractivity contribution in [2.75, 3.05) is 0 Å². The highest BCUT2D eigenvalue weighted by atomic mass is 19.1. The molecule has 4 heteroatoms. The van der Waals surface area contributed by atoms with Crippen LogP contribution in [0.2, 0.25) is 0 Å². The summed E-state index contributed by atoms with van der Waals surface area (Å²) < 4.78 is 15.8. The highest BCUT2D eigenvalue weighted by Crippen LogP contribution is 2.45. The molecule has 2 aliphatic rings. The molecule has 3 atom stereocenters. The Morgan fingerprint density at radius 3 is 2.96 bits per heavy atom. The SMILES string of the molecule is O=C(C[C@H]1CCCc2ccccc21)[C@]1(F)CC[C@H](O)c2ncccc21. The van der Waals surface area contributed by atoms with Crippen molar-refractivity contribution in [3.63, 3.8) is 0 Å². The van der Waals surface area contributed by atoms with Crippen LogP contribution in [-0.2, 0) is 16.9 Å². The zero-order valence-electron chi connectivity index (χ0n) is 14.1. The van der Waals surface area contributed by atoms with Crippen LogP contribution in [0.3, 0.4) is 0 Å². The molecule has 0 aliphatic heterocycles. The maximum Gasteiger partial charge on any atom is 0.195 e. The lowest BCUT2D eigenvalue weighted by Gasteiger charge is -2.34. The number of fused-ring (bicyclic) bond motifs is 2. The number of carbonyl (C=O) groups is 1. The van der Waals surface area contributed by atoms with Crippen LogP contribution in [0.25, 0.3) is 0 Å². The monoisotopic (exact) mass is 339 g/mol. The van der Waals surface area contributed by atoms with Gasteiger partial charge in [-0.05, 0) is 55.2 Å². The zero-order valence-corrected chi connectivity index (χ0v) is 14.1. The Morgan fingerprint density at radius 2 is 2.08 bits per heavy atom. The van der Waals surface area contributed by atoms with Gasteiger partial charge in [0.05, 0.1) is 11.8 Å². The van der Waals surface area contributed by atoms with Gasteiger partial charge in [-0.2, -0.15) is 0 Å². The zero-order chi connectivity index (χ0) is 17.4. The van der Waals surface area contributed by atoms with Gasteiger partial charge in [0.25, 0.3) is 0 Å². The van der Waals surface area contributed by atoms with Crippen molar-refractivity contribution >= 4 is 5.78 Å². The van der Waals surface area contributed by atoms with Crippen molar-refractivity contribution in [2.24, 2.45) is 0 Å². The largest absolute Gasteiger partial charge is 0.387 e. The fourth-order valence-electron chi connectivity index (χ4n) is 4.37. The van der Waals surface area contributed by atoms with E-state index in [-0.39, 0.29) is 36.5 Å². The van der Waals surface area contributed by atoms with E-state index < -0.39 is 11.8 Å². The molecule has 0 radical (unpaired) electrons. The molecule has 25 heavy (non-hydrogen) atoms. The van der Waals surface area contributed by atoms with Gasteiger partial charge in [-0.15, -0.1) is 0 Å². The van der Waals surface area contributed by atoms with Crippen molar-refractivity contribution < 1.29 is 14.3 Å². The number of benzene rings is 1. The summed E-state index contributed by atoms with van der Waals surface area (Å²) in [5, 5.41) is 10.1. The van der Waals surface area contributed by atoms with E-state index in [0.717, 1.165) is 19.3 Å². The maximum absolute atomic E-state index is 15.8. The van der Waals surface area contributed by atoms with E-state index in [9.17, 15) is 9.90 Å². The summed E-state index contributed by atoms with van der Waals surface area (Å²) in [6.45, 7) is 0. The van der Waals surface area contributed by atoms with Crippen LogP contribution < -0.4 is 0 Å². The average Bonchev–Trinajstić information content (AvgIpc) is 2.65. The third kappa shape index (κ3) is 2.78. The molecule has 0 bridgehead atoms. The quantitative estimate of drug-likeness (QED) is 0.914. The first-order valence-electron chi connectivity index (χ1n) is 9.03. The van der Waals surface area contributed by atoms with Gasteiger partial charge in [0.2, 0.25) is 0 Å². The van der Waals surface area contributed by atoms with Gasteiger partial charge >= 0.3 is 0 Å². The van der Waals surface area contributed by atoms with Crippen LogP contribution in [-0.4, -0.2) is 15.9 Å². The third-order valence-corrected chi connectivity index (χ3v) is 5.71. The van der Waals surface area contributed by atoms with Gasteiger partial charge < -0.3 is 5.11 Å².